The third kappa shape index (κ3) is 7.26. The van der Waals surface area contributed by atoms with E-state index in [9.17, 15) is 9.59 Å². The maximum Gasteiger partial charge on any atom is 0.410 e. The van der Waals surface area contributed by atoms with Crippen LogP contribution in [0.15, 0.2) is 4.99 Å². The van der Waals surface area contributed by atoms with E-state index in [2.05, 4.69) is 4.99 Å². The fourth-order valence-corrected chi connectivity index (χ4v) is 3.05. The first kappa shape index (κ1) is 24.7. The molecule has 2 amide bonds. The van der Waals surface area contributed by atoms with E-state index < -0.39 is 5.60 Å². The number of amides is 2. The fourth-order valence-electron chi connectivity index (χ4n) is 3.05. The van der Waals surface area contributed by atoms with Gasteiger partial charge in [0, 0.05) is 40.3 Å². The molecular weight excluding hydrogens is 477 g/mol. The van der Waals surface area contributed by atoms with Crippen molar-refractivity contribution in [2.75, 3.05) is 46.8 Å². The summed E-state index contributed by atoms with van der Waals surface area (Å²) in [5.41, 5.74) is 5.60. The predicted molar refractivity (Wildman–Crippen MR) is 118 cm³/mol. The van der Waals surface area contributed by atoms with E-state index in [0.29, 0.717) is 45.1 Å². The van der Waals surface area contributed by atoms with Gasteiger partial charge >= 0.3 is 6.09 Å². The van der Waals surface area contributed by atoms with Gasteiger partial charge in [0.05, 0.1) is 12.6 Å². The second-order valence-corrected chi connectivity index (χ2v) is 8.21. The highest BCUT2D eigenvalue weighted by molar-refractivity contribution is 14.0. The molecule has 162 valence electrons. The number of carbonyl (C=O) groups is 2. The van der Waals surface area contributed by atoms with Crippen LogP contribution in [0.25, 0.3) is 0 Å². The van der Waals surface area contributed by atoms with Gasteiger partial charge < -0.3 is 29.9 Å². The lowest BCUT2D eigenvalue weighted by Crippen LogP contribution is -2.53. The summed E-state index contributed by atoms with van der Waals surface area (Å²) in [6.45, 7) is 8.32. The molecular formula is C18H34IN5O4. The molecule has 2 rings (SSSR count). The van der Waals surface area contributed by atoms with E-state index in [1.54, 1.807) is 23.9 Å². The smallest absolute Gasteiger partial charge is 0.410 e. The van der Waals surface area contributed by atoms with Crippen LogP contribution in [0, 0.1) is 0 Å². The van der Waals surface area contributed by atoms with Gasteiger partial charge in [-0.1, -0.05) is 0 Å². The van der Waals surface area contributed by atoms with Gasteiger partial charge in [-0.05, 0) is 33.6 Å². The van der Waals surface area contributed by atoms with Crippen LogP contribution >= 0.6 is 24.0 Å². The number of carbonyl (C=O) groups excluding carboxylic acids is 2. The zero-order chi connectivity index (χ0) is 20.2. The Morgan fingerprint density at radius 2 is 1.71 bits per heavy atom. The number of ether oxygens (including phenoxy) is 2. The number of rotatable bonds is 3. The summed E-state index contributed by atoms with van der Waals surface area (Å²) in [6, 6.07) is 0. The molecule has 0 saturated carbocycles. The normalized spacial score (nSPS) is 23.2. The van der Waals surface area contributed by atoms with E-state index in [-0.39, 0.29) is 48.2 Å². The molecule has 0 radical (unpaired) electrons. The number of halogens is 1. The first-order valence-corrected chi connectivity index (χ1v) is 9.46. The highest BCUT2D eigenvalue weighted by atomic mass is 127. The molecule has 28 heavy (non-hydrogen) atoms. The summed E-state index contributed by atoms with van der Waals surface area (Å²) in [7, 11) is 3.46. The molecule has 0 spiro atoms. The molecule has 0 aromatic heterocycles. The van der Waals surface area contributed by atoms with E-state index in [0.717, 1.165) is 6.42 Å². The molecule has 0 bridgehead atoms. The molecule has 0 aromatic rings. The maximum atomic E-state index is 12.1. The molecule has 9 nitrogen and oxygen atoms in total. The zero-order valence-electron chi connectivity index (χ0n) is 17.5. The molecule has 0 aromatic carbocycles. The summed E-state index contributed by atoms with van der Waals surface area (Å²) < 4.78 is 11.2. The second kappa shape index (κ2) is 10.5. The van der Waals surface area contributed by atoms with Crippen molar-refractivity contribution in [3.8, 4) is 0 Å². The Balaban J connectivity index is 0.00000392. The van der Waals surface area contributed by atoms with E-state index in [1.807, 2.05) is 25.7 Å². The second-order valence-electron chi connectivity index (χ2n) is 8.21. The Labute approximate surface area is 184 Å². The van der Waals surface area contributed by atoms with Crippen molar-refractivity contribution >= 4 is 41.9 Å². The van der Waals surface area contributed by atoms with Gasteiger partial charge in [-0.15, -0.1) is 24.0 Å². The van der Waals surface area contributed by atoms with Crippen molar-refractivity contribution in [2.24, 2.45) is 10.7 Å². The zero-order valence-corrected chi connectivity index (χ0v) is 19.8. The first-order chi connectivity index (χ1) is 12.6. The Kier molecular flexibility index (Phi) is 9.25. The number of nitrogens with two attached hydrogens (primary N) is 1. The maximum absolute atomic E-state index is 12.1. The van der Waals surface area contributed by atoms with Crippen LogP contribution in [0.1, 0.15) is 33.6 Å². The largest absolute Gasteiger partial charge is 0.444 e. The van der Waals surface area contributed by atoms with Gasteiger partial charge in [-0.2, -0.15) is 0 Å². The topological polar surface area (TPSA) is 101 Å². The molecule has 2 atom stereocenters. The molecule has 2 fully saturated rings. The van der Waals surface area contributed by atoms with Crippen molar-refractivity contribution in [1.82, 2.24) is 14.7 Å². The van der Waals surface area contributed by atoms with Crippen LogP contribution in [0.5, 0.6) is 0 Å². The van der Waals surface area contributed by atoms with Crippen LogP contribution in [-0.4, -0.2) is 97.3 Å². The molecule has 10 heteroatoms. The lowest BCUT2D eigenvalue weighted by molar-refractivity contribution is -0.140. The Bertz CT molecular complexity index is 571. The van der Waals surface area contributed by atoms with Gasteiger partial charge in [0.2, 0.25) is 0 Å². The van der Waals surface area contributed by atoms with Crippen LogP contribution in [0.3, 0.4) is 0 Å². The van der Waals surface area contributed by atoms with Gasteiger partial charge in [-0.3, -0.25) is 9.79 Å². The Morgan fingerprint density at radius 1 is 1.14 bits per heavy atom. The van der Waals surface area contributed by atoms with E-state index in [1.165, 1.54) is 0 Å². The van der Waals surface area contributed by atoms with Crippen LogP contribution in [0.4, 0.5) is 4.79 Å². The average Bonchev–Trinajstić information content (AvgIpc) is 3.06. The summed E-state index contributed by atoms with van der Waals surface area (Å²) in [6.07, 6.45) is 0.756. The van der Waals surface area contributed by atoms with Gasteiger partial charge in [0.25, 0.3) is 5.91 Å². The van der Waals surface area contributed by atoms with Crippen molar-refractivity contribution in [3.63, 3.8) is 0 Å². The quantitative estimate of drug-likeness (QED) is 0.346. The lowest BCUT2D eigenvalue weighted by atomic mass is 10.2. The summed E-state index contributed by atoms with van der Waals surface area (Å²) >= 11 is 0. The number of likely N-dealkylation sites (N-methyl/N-ethyl adjacent to an activating group) is 1. The highest BCUT2D eigenvalue weighted by Gasteiger charge is 2.32. The van der Waals surface area contributed by atoms with Crippen molar-refractivity contribution in [1.29, 1.82) is 0 Å². The monoisotopic (exact) mass is 511 g/mol. The Hall–Kier alpha value is -1.30. The van der Waals surface area contributed by atoms with Crippen LogP contribution < -0.4 is 5.73 Å². The summed E-state index contributed by atoms with van der Waals surface area (Å²) in [5.74, 6) is 0.442. The molecule has 2 saturated heterocycles. The molecule has 2 N–H and O–H groups in total. The highest BCUT2D eigenvalue weighted by Crippen LogP contribution is 2.21. The lowest BCUT2D eigenvalue weighted by Gasteiger charge is -2.36. The molecule has 2 aliphatic heterocycles. The molecule has 2 unspecified atom stereocenters. The number of nitrogens with zero attached hydrogens (tertiary/aromatic N) is 4. The SMILES string of the molecule is CN(C)C(=O)C1CCC(CN=C(N)N2CCN(C(=O)OC(C)(C)C)CC2)O1.I. The minimum absolute atomic E-state index is 0. The van der Waals surface area contributed by atoms with Crippen molar-refractivity contribution < 1.29 is 19.1 Å². The molecule has 2 heterocycles. The average molecular weight is 511 g/mol. The standard InChI is InChI=1S/C18H33N5O4.HI/c1-18(2,3)27-17(25)23-10-8-22(9-11-23)16(19)20-12-13-6-7-14(26-13)15(24)21(4)5;/h13-14H,6-12H2,1-5H3,(H2,19,20);1H. The van der Waals surface area contributed by atoms with Crippen molar-refractivity contribution in [2.45, 2.75) is 51.4 Å². The van der Waals surface area contributed by atoms with E-state index >= 15 is 0 Å². The van der Waals surface area contributed by atoms with Crippen LogP contribution in [-0.2, 0) is 14.3 Å². The fraction of sp³-hybridized carbons (Fsp3) is 0.833. The number of piperazine rings is 1. The summed E-state index contributed by atoms with van der Waals surface area (Å²) in [5, 5.41) is 0. The number of hydrogen-bond acceptors (Lipinski definition) is 5. The third-order valence-corrected chi connectivity index (χ3v) is 4.54. The van der Waals surface area contributed by atoms with Gasteiger partial charge in [-0.25, -0.2) is 4.79 Å². The predicted octanol–water partition coefficient (Wildman–Crippen LogP) is 1.11. The number of guanidine groups is 1. The minimum atomic E-state index is -0.498. The molecule has 0 aliphatic carbocycles. The van der Waals surface area contributed by atoms with Crippen LogP contribution in [0.2, 0.25) is 0 Å². The number of aliphatic imine (C=N–C) groups is 1. The minimum Gasteiger partial charge on any atom is -0.444 e. The Morgan fingerprint density at radius 3 is 2.25 bits per heavy atom. The number of hydrogen-bond donors (Lipinski definition) is 1. The van der Waals surface area contributed by atoms with Crippen molar-refractivity contribution in [3.05, 3.63) is 0 Å². The first-order valence-electron chi connectivity index (χ1n) is 9.46. The summed E-state index contributed by atoms with van der Waals surface area (Å²) in [4.78, 5) is 33.7. The van der Waals surface area contributed by atoms with Gasteiger partial charge in [0.1, 0.15) is 11.7 Å². The van der Waals surface area contributed by atoms with Gasteiger partial charge in [0.15, 0.2) is 5.96 Å². The third-order valence-electron chi connectivity index (χ3n) is 4.54. The molecule has 2 aliphatic rings. The van der Waals surface area contributed by atoms with E-state index in [4.69, 9.17) is 15.2 Å².